The molecule has 2 aliphatic carbocycles. The van der Waals surface area contributed by atoms with Crippen LogP contribution in [0, 0.1) is 5.92 Å². The van der Waals surface area contributed by atoms with Gasteiger partial charge in [0, 0.05) is 11.5 Å². The lowest BCUT2D eigenvalue weighted by Crippen LogP contribution is -2.35. The van der Waals surface area contributed by atoms with Crippen molar-refractivity contribution in [2.75, 3.05) is 6.61 Å². The Bertz CT molecular complexity index is 795. The Morgan fingerprint density at radius 1 is 1.44 bits per heavy atom. The van der Waals surface area contributed by atoms with E-state index in [-0.39, 0.29) is 23.2 Å². The van der Waals surface area contributed by atoms with Crippen LogP contribution in [0.15, 0.2) is 63.2 Å². The van der Waals surface area contributed by atoms with Crippen LogP contribution in [0.4, 0.5) is 0 Å². The van der Waals surface area contributed by atoms with Crippen molar-refractivity contribution in [3.8, 4) is 0 Å². The molecule has 1 aliphatic heterocycles. The minimum Gasteiger partial charge on any atom is -0.465 e. The monoisotopic (exact) mass is 406 g/mol. The van der Waals surface area contributed by atoms with Crippen molar-refractivity contribution in [2.45, 2.75) is 38.5 Å². The van der Waals surface area contributed by atoms with E-state index in [0.29, 0.717) is 17.5 Å². The van der Waals surface area contributed by atoms with E-state index < -0.39 is 0 Å². The molecule has 0 aromatic heterocycles. The molecule has 0 amide bonds. The van der Waals surface area contributed by atoms with Gasteiger partial charge in [0.15, 0.2) is 0 Å². The van der Waals surface area contributed by atoms with Crippen molar-refractivity contribution in [1.82, 2.24) is 5.32 Å². The van der Waals surface area contributed by atoms with Gasteiger partial charge in [-0.3, -0.25) is 4.79 Å². The first-order valence-corrected chi connectivity index (χ1v) is 10.2. The molecule has 144 valence electrons. The average Bonchev–Trinajstić information content (AvgIpc) is 2.64. The highest BCUT2D eigenvalue weighted by Crippen LogP contribution is 2.36. The molecule has 0 saturated heterocycles. The molecule has 0 saturated carbocycles. The molecule has 27 heavy (non-hydrogen) atoms. The van der Waals surface area contributed by atoms with Gasteiger partial charge in [-0.2, -0.15) is 0 Å². The maximum atomic E-state index is 11.8. The summed E-state index contributed by atoms with van der Waals surface area (Å²) in [6.07, 6.45) is 12.1. The van der Waals surface area contributed by atoms with Gasteiger partial charge in [0.2, 0.25) is 5.88 Å². The van der Waals surface area contributed by atoms with Gasteiger partial charge in [0.25, 0.3) is 0 Å². The molecule has 0 aromatic rings. The van der Waals surface area contributed by atoms with E-state index >= 15 is 0 Å². The predicted molar refractivity (Wildman–Crippen MR) is 110 cm³/mol. The zero-order chi connectivity index (χ0) is 19.4. The number of rotatable bonds is 6. The van der Waals surface area contributed by atoms with Crippen molar-refractivity contribution < 1.29 is 14.3 Å². The highest BCUT2D eigenvalue weighted by molar-refractivity contribution is 8.04. The van der Waals surface area contributed by atoms with Crippen molar-refractivity contribution in [1.29, 1.82) is 0 Å². The van der Waals surface area contributed by atoms with Crippen molar-refractivity contribution in [2.24, 2.45) is 10.9 Å². The summed E-state index contributed by atoms with van der Waals surface area (Å²) < 4.78 is 11.0. The molecule has 0 radical (unpaired) electrons. The molecule has 3 atom stereocenters. The number of carbonyl (C=O) groups excluding carboxylic acids is 1. The lowest BCUT2D eigenvalue weighted by molar-refractivity contribution is -0.142. The Labute approximate surface area is 168 Å². The molecule has 3 aliphatic rings. The van der Waals surface area contributed by atoms with Crippen LogP contribution < -0.4 is 5.32 Å². The van der Waals surface area contributed by atoms with Gasteiger partial charge < -0.3 is 14.8 Å². The Balaban J connectivity index is 1.62. The molecule has 7 heteroatoms. The third-order valence-electron chi connectivity index (χ3n) is 4.28. The van der Waals surface area contributed by atoms with Gasteiger partial charge >= 0.3 is 5.97 Å². The number of nitrogens with one attached hydrogen (secondary N) is 1. The molecule has 1 N–H and O–H groups in total. The molecule has 2 unspecified atom stereocenters. The van der Waals surface area contributed by atoms with Crippen LogP contribution in [0.2, 0.25) is 0 Å². The highest BCUT2D eigenvalue weighted by atomic mass is 35.5. The Hall–Kier alpha value is -1.92. The van der Waals surface area contributed by atoms with Gasteiger partial charge in [0.05, 0.1) is 24.6 Å². The molecular formula is C20H23ClN2O3S. The largest absolute Gasteiger partial charge is 0.465 e. The lowest BCUT2D eigenvalue weighted by atomic mass is 10.0. The van der Waals surface area contributed by atoms with Crippen molar-refractivity contribution >= 4 is 35.0 Å². The number of halogens is 1. The van der Waals surface area contributed by atoms with Crippen LogP contribution in [-0.2, 0) is 14.3 Å². The van der Waals surface area contributed by atoms with E-state index in [2.05, 4.69) is 17.2 Å². The number of allylic oxidation sites excluding steroid dienone is 6. The van der Waals surface area contributed by atoms with Crippen molar-refractivity contribution in [3.05, 3.63) is 58.2 Å². The quantitative estimate of drug-likeness (QED) is 0.662. The minimum atomic E-state index is -0.221. The third kappa shape index (κ3) is 5.08. The Morgan fingerprint density at radius 3 is 3.00 bits per heavy atom. The summed E-state index contributed by atoms with van der Waals surface area (Å²) in [4.78, 5) is 17.5. The molecule has 0 fully saturated rings. The molecule has 0 bridgehead atoms. The average molecular weight is 407 g/mol. The van der Waals surface area contributed by atoms with Crippen molar-refractivity contribution in [3.63, 3.8) is 0 Å². The summed E-state index contributed by atoms with van der Waals surface area (Å²) in [5.74, 6) is 1.46. The number of carbonyl (C=O) groups is 1. The first-order valence-electron chi connectivity index (χ1n) is 8.98. The third-order valence-corrected chi connectivity index (χ3v) is 5.89. The summed E-state index contributed by atoms with van der Waals surface area (Å²) in [5, 5.41) is 3.71. The topological polar surface area (TPSA) is 59.9 Å². The van der Waals surface area contributed by atoms with Crippen LogP contribution in [0.3, 0.4) is 0 Å². The van der Waals surface area contributed by atoms with Crippen LogP contribution in [0.25, 0.3) is 0 Å². The fourth-order valence-electron chi connectivity index (χ4n) is 2.87. The molecular weight excluding hydrogens is 384 g/mol. The summed E-state index contributed by atoms with van der Waals surface area (Å²) in [6, 6.07) is -0.0126. The fraction of sp³-hybridized carbons (Fsp3) is 0.400. The molecule has 0 aromatic carbocycles. The second kappa shape index (κ2) is 8.85. The Morgan fingerprint density at radius 2 is 2.26 bits per heavy atom. The van der Waals surface area contributed by atoms with Gasteiger partial charge in [0.1, 0.15) is 11.0 Å². The van der Waals surface area contributed by atoms with Crippen LogP contribution in [0.5, 0.6) is 0 Å². The molecule has 5 nitrogen and oxygen atoms in total. The number of fused-ring (bicyclic) bond motifs is 1. The van der Waals surface area contributed by atoms with Gasteiger partial charge in [-0.05, 0) is 55.1 Å². The van der Waals surface area contributed by atoms with E-state index in [1.807, 2.05) is 44.2 Å². The first kappa shape index (κ1) is 19.8. The molecule has 1 heterocycles. The minimum absolute atomic E-state index is 0.0126. The van der Waals surface area contributed by atoms with E-state index in [1.165, 1.54) is 0 Å². The van der Waals surface area contributed by atoms with Gasteiger partial charge in [-0.15, -0.1) is 11.8 Å². The number of thioether (sulfide) groups is 1. The maximum Gasteiger partial charge on any atom is 0.319 e. The summed E-state index contributed by atoms with van der Waals surface area (Å²) in [6.45, 7) is 6.22. The second-order valence-corrected chi connectivity index (χ2v) is 8.32. The summed E-state index contributed by atoms with van der Waals surface area (Å²) >= 11 is 7.56. The number of ether oxygens (including phenoxy) is 2. The standard InChI is InChI=1S/C20H23ClN2O3S/c1-4-25-20(24)13(3)27-18-8-6-15(9-12(18)2)26-19-11-22-17-10-14(21)5-7-16(17)23-19/h5-8,10-13,17,22H,4,9H2,1-3H3/t12?,13-,17?/m1/s1. The smallest absolute Gasteiger partial charge is 0.319 e. The van der Waals surface area contributed by atoms with E-state index in [0.717, 1.165) is 22.8 Å². The summed E-state index contributed by atoms with van der Waals surface area (Å²) in [7, 11) is 0. The van der Waals surface area contributed by atoms with E-state index in [1.54, 1.807) is 18.0 Å². The van der Waals surface area contributed by atoms with Gasteiger partial charge in [-0.1, -0.05) is 18.5 Å². The zero-order valence-corrected chi connectivity index (χ0v) is 17.1. The number of hydrogen-bond acceptors (Lipinski definition) is 6. The predicted octanol–water partition coefficient (Wildman–Crippen LogP) is 4.40. The number of nitrogens with zero attached hydrogens (tertiary/aromatic N) is 1. The lowest BCUT2D eigenvalue weighted by Gasteiger charge is -2.25. The van der Waals surface area contributed by atoms with E-state index in [9.17, 15) is 4.79 Å². The zero-order valence-electron chi connectivity index (χ0n) is 15.6. The van der Waals surface area contributed by atoms with Crippen LogP contribution >= 0.6 is 23.4 Å². The number of aliphatic imine (C=N–C) groups is 1. The normalized spacial score (nSPS) is 25.0. The van der Waals surface area contributed by atoms with Crippen LogP contribution in [0.1, 0.15) is 27.2 Å². The Kier molecular flexibility index (Phi) is 6.50. The number of hydrogen-bond donors (Lipinski definition) is 1. The van der Waals surface area contributed by atoms with Crippen LogP contribution in [-0.4, -0.2) is 29.6 Å². The van der Waals surface area contributed by atoms with Gasteiger partial charge in [-0.25, -0.2) is 4.99 Å². The maximum absolute atomic E-state index is 11.8. The van der Waals surface area contributed by atoms with E-state index in [4.69, 9.17) is 21.1 Å². The molecule has 3 rings (SSSR count). The fourth-order valence-corrected chi connectivity index (χ4v) is 4.09. The second-order valence-electron chi connectivity index (χ2n) is 6.47. The SMILES string of the molecule is CCOC(=O)[C@@H](C)SC1=CC=C(OC2=CNC3C=C(Cl)C=CC3=N2)CC1C. The summed E-state index contributed by atoms with van der Waals surface area (Å²) in [5.41, 5.74) is 0.872. The first-order chi connectivity index (χ1) is 13.0. The highest BCUT2D eigenvalue weighted by Gasteiger charge is 2.24. The molecule has 0 spiro atoms. The number of esters is 1.